The Hall–Kier alpha value is -2.40. The second-order valence-corrected chi connectivity index (χ2v) is 7.65. The maximum atomic E-state index is 13.4. The van der Waals surface area contributed by atoms with Gasteiger partial charge in [0.1, 0.15) is 22.6 Å². The van der Waals surface area contributed by atoms with Crippen molar-refractivity contribution < 1.29 is 35.5 Å². The Morgan fingerprint density at radius 2 is 1.89 bits per heavy atom. The predicted molar refractivity (Wildman–Crippen MR) is 85.4 cm³/mol. The van der Waals surface area contributed by atoms with Crippen LogP contribution >= 0.6 is 0 Å². The van der Waals surface area contributed by atoms with Gasteiger partial charge in [-0.3, -0.25) is 0 Å². The first-order valence-corrected chi connectivity index (χ1v) is 9.09. The van der Waals surface area contributed by atoms with Crippen molar-refractivity contribution in [2.45, 2.75) is 17.2 Å². The summed E-state index contributed by atoms with van der Waals surface area (Å²) in [5.74, 6) is -0.768. The summed E-state index contributed by atoms with van der Waals surface area (Å²) < 4.78 is 87.5. The number of sulfonamides is 1. The van der Waals surface area contributed by atoms with E-state index in [1.54, 1.807) is 0 Å². The number of pyridine rings is 1. The number of halogens is 4. The lowest BCUT2D eigenvalue weighted by atomic mass is 10.2. The van der Waals surface area contributed by atoms with Crippen molar-refractivity contribution in [3.05, 3.63) is 47.9 Å². The third-order valence-corrected chi connectivity index (χ3v) is 5.76. The summed E-state index contributed by atoms with van der Waals surface area (Å²) in [5, 5.41) is 0. The second-order valence-electron chi connectivity index (χ2n) is 5.74. The Labute approximate surface area is 152 Å². The largest absolute Gasteiger partial charge is 0.495 e. The molecule has 0 spiro atoms. The van der Waals surface area contributed by atoms with E-state index in [1.807, 2.05) is 0 Å². The van der Waals surface area contributed by atoms with Gasteiger partial charge in [0.15, 0.2) is 0 Å². The Morgan fingerprint density at radius 1 is 1.19 bits per heavy atom. The Morgan fingerprint density at radius 3 is 2.44 bits per heavy atom. The van der Waals surface area contributed by atoms with Crippen LogP contribution in [0.2, 0.25) is 0 Å². The van der Waals surface area contributed by atoms with E-state index in [9.17, 15) is 26.0 Å². The van der Waals surface area contributed by atoms with E-state index in [0.717, 1.165) is 28.6 Å². The summed E-state index contributed by atoms with van der Waals surface area (Å²) in [4.78, 5) is 3.26. The fourth-order valence-corrected chi connectivity index (χ4v) is 4.12. The van der Waals surface area contributed by atoms with Crippen LogP contribution < -0.4 is 9.47 Å². The van der Waals surface area contributed by atoms with Crippen LogP contribution in [0.1, 0.15) is 5.56 Å². The van der Waals surface area contributed by atoms with Crippen LogP contribution in [0.4, 0.5) is 17.6 Å². The fourth-order valence-electron chi connectivity index (χ4n) is 2.45. The molecule has 1 aliphatic rings. The maximum Gasteiger partial charge on any atom is 0.417 e. The first-order chi connectivity index (χ1) is 12.6. The number of hydrogen-bond donors (Lipinski definition) is 0. The van der Waals surface area contributed by atoms with Gasteiger partial charge < -0.3 is 9.47 Å². The molecule has 0 atom stereocenters. The number of nitrogens with zero attached hydrogens (tertiary/aromatic N) is 2. The van der Waals surface area contributed by atoms with E-state index in [4.69, 9.17) is 9.47 Å². The minimum atomic E-state index is -4.50. The molecule has 1 saturated heterocycles. The van der Waals surface area contributed by atoms with Crippen molar-refractivity contribution in [1.82, 2.24) is 9.29 Å². The zero-order valence-corrected chi connectivity index (χ0v) is 14.7. The van der Waals surface area contributed by atoms with Gasteiger partial charge >= 0.3 is 6.18 Å². The maximum absolute atomic E-state index is 13.4. The zero-order chi connectivity index (χ0) is 19.8. The molecule has 6 nitrogen and oxygen atoms in total. The molecule has 1 aliphatic heterocycles. The topological polar surface area (TPSA) is 68.7 Å². The monoisotopic (exact) mass is 406 g/mol. The summed E-state index contributed by atoms with van der Waals surface area (Å²) in [5.41, 5.74) is -0.911. The summed E-state index contributed by atoms with van der Waals surface area (Å²) in [6.07, 6.45) is -4.44. The first-order valence-electron chi connectivity index (χ1n) is 7.65. The van der Waals surface area contributed by atoms with Crippen molar-refractivity contribution in [2.75, 3.05) is 20.2 Å². The van der Waals surface area contributed by atoms with Gasteiger partial charge in [-0.05, 0) is 24.3 Å². The molecule has 11 heteroatoms. The molecule has 1 fully saturated rings. The third kappa shape index (κ3) is 3.98. The molecule has 0 bridgehead atoms. The van der Waals surface area contributed by atoms with Crippen molar-refractivity contribution in [3.63, 3.8) is 0 Å². The van der Waals surface area contributed by atoms with E-state index < -0.39 is 33.7 Å². The van der Waals surface area contributed by atoms with Gasteiger partial charge in [-0.1, -0.05) is 0 Å². The summed E-state index contributed by atoms with van der Waals surface area (Å²) in [6.45, 7) is -0.102. The van der Waals surface area contributed by atoms with Gasteiger partial charge in [0.25, 0.3) is 0 Å². The molecule has 146 valence electrons. The molecule has 3 rings (SSSR count). The number of rotatable bonds is 5. The quantitative estimate of drug-likeness (QED) is 0.715. The highest BCUT2D eigenvalue weighted by Crippen LogP contribution is 2.32. The fraction of sp³-hybridized carbons (Fsp3) is 0.312. The Balaban J connectivity index is 1.66. The number of aromatic nitrogens is 1. The smallest absolute Gasteiger partial charge is 0.417 e. The lowest BCUT2D eigenvalue weighted by molar-refractivity contribution is -0.137. The van der Waals surface area contributed by atoms with Crippen LogP contribution in [-0.4, -0.2) is 44.0 Å². The van der Waals surface area contributed by atoms with Crippen LogP contribution in [0.3, 0.4) is 0 Å². The first kappa shape index (κ1) is 19.4. The van der Waals surface area contributed by atoms with Crippen LogP contribution in [0, 0.1) is 5.82 Å². The van der Waals surface area contributed by atoms with Crippen molar-refractivity contribution in [3.8, 4) is 11.6 Å². The number of methoxy groups -OCH3 is 1. The van der Waals surface area contributed by atoms with Crippen LogP contribution in [0.15, 0.2) is 41.4 Å². The average Bonchev–Trinajstić information content (AvgIpc) is 2.57. The average molecular weight is 406 g/mol. The molecule has 0 saturated carbocycles. The molecule has 2 heterocycles. The van der Waals surface area contributed by atoms with Gasteiger partial charge in [-0.15, -0.1) is 0 Å². The molecule has 2 aromatic rings. The van der Waals surface area contributed by atoms with Crippen LogP contribution in [0.5, 0.6) is 11.6 Å². The van der Waals surface area contributed by atoms with Crippen LogP contribution in [-0.2, 0) is 16.2 Å². The third-order valence-electron chi connectivity index (χ3n) is 3.91. The molecular formula is C16H14F4N2O4S. The highest BCUT2D eigenvalue weighted by atomic mass is 32.2. The highest BCUT2D eigenvalue weighted by molar-refractivity contribution is 7.89. The van der Waals surface area contributed by atoms with Crippen molar-refractivity contribution in [1.29, 1.82) is 0 Å². The molecule has 0 amide bonds. The standard InChI is InChI=1S/C16H14F4N2O4S/c1-25-13-4-3-11(17)6-14(13)27(23,24)22-8-12(9-22)26-15-5-2-10(7-21-15)16(18,19)20/h2-7,12H,8-9H2,1H3. The Bertz CT molecular complexity index is 926. The van der Waals surface area contributed by atoms with Gasteiger partial charge in [-0.25, -0.2) is 17.8 Å². The van der Waals surface area contributed by atoms with Crippen molar-refractivity contribution >= 4 is 10.0 Å². The summed E-state index contributed by atoms with van der Waals surface area (Å²) in [7, 11) is -2.73. The molecule has 0 N–H and O–H groups in total. The zero-order valence-electron chi connectivity index (χ0n) is 13.9. The van der Waals surface area contributed by atoms with E-state index in [-0.39, 0.29) is 29.6 Å². The molecule has 1 aromatic carbocycles. The molecule has 0 aliphatic carbocycles. The minimum Gasteiger partial charge on any atom is -0.495 e. The molecule has 1 aromatic heterocycles. The van der Waals surface area contributed by atoms with E-state index in [2.05, 4.69) is 4.98 Å². The van der Waals surface area contributed by atoms with E-state index >= 15 is 0 Å². The van der Waals surface area contributed by atoms with E-state index in [0.29, 0.717) is 6.20 Å². The summed E-state index contributed by atoms with van der Waals surface area (Å²) >= 11 is 0. The highest BCUT2D eigenvalue weighted by Gasteiger charge is 2.40. The number of benzene rings is 1. The van der Waals surface area contributed by atoms with Gasteiger partial charge in [0, 0.05) is 12.3 Å². The van der Waals surface area contributed by atoms with Gasteiger partial charge in [0.2, 0.25) is 15.9 Å². The molecule has 0 unspecified atom stereocenters. The predicted octanol–water partition coefficient (Wildman–Crippen LogP) is 2.70. The second kappa shape index (κ2) is 6.97. The number of hydrogen-bond acceptors (Lipinski definition) is 5. The van der Waals surface area contributed by atoms with Gasteiger partial charge in [0.05, 0.1) is 25.8 Å². The SMILES string of the molecule is COc1ccc(F)cc1S(=O)(=O)N1CC(Oc2ccc(C(F)(F)F)cn2)C1. The lowest BCUT2D eigenvalue weighted by Crippen LogP contribution is -2.56. The normalized spacial score (nSPS) is 16.0. The molecular weight excluding hydrogens is 392 g/mol. The minimum absolute atomic E-state index is 0.00479. The number of ether oxygens (including phenoxy) is 2. The van der Waals surface area contributed by atoms with Crippen LogP contribution in [0.25, 0.3) is 0 Å². The number of alkyl halides is 3. The molecule has 27 heavy (non-hydrogen) atoms. The van der Waals surface area contributed by atoms with Gasteiger partial charge in [-0.2, -0.15) is 17.5 Å². The molecule has 0 radical (unpaired) electrons. The summed E-state index contributed by atoms with van der Waals surface area (Å²) in [6, 6.07) is 5.04. The van der Waals surface area contributed by atoms with Crippen molar-refractivity contribution in [2.24, 2.45) is 0 Å². The van der Waals surface area contributed by atoms with E-state index in [1.165, 1.54) is 13.2 Å². The lowest BCUT2D eigenvalue weighted by Gasteiger charge is -2.37. The Kier molecular flexibility index (Phi) is 5.00.